The molecule has 1 aliphatic rings. The molecule has 0 spiro atoms. The van der Waals surface area contributed by atoms with Crippen molar-refractivity contribution in [1.82, 2.24) is 5.32 Å². The molecule has 19 heavy (non-hydrogen) atoms. The molecule has 0 saturated carbocycles. The number of ether oxygens (including phenoxy) is 1. The van der Waals surface area contributed by atoms with Crippen LogP contribution in [-0.4, -0.2) is 13.7 Å². The fraction of sp³-hybridized carbons (Fsp3) is 0.294. The van der Waals surface area contributed by atoms with Crippen molar-refractivity contribution >= 4 is 0 Å². The maximum absolute atomic E-state index is 5.48. The third kappa shape index (κ3) is 2.49. The highest BCUT2D eigenvalue weighted by atomic mass is 16.5. The predicted molar refractivity (Wildman–Crippen MR) is 77.6 cm³/mol. The molecule has 1 N–H and O–H groups in total. The van der Waals surface area contributed by atoms with E-state index in [4.69, 9.17) is 4.74 Å². The van der Waals surface area contributed by atoms with Crippen molar-refractivity contribution in [3.63, 3.8) is 0 Å². The van der Waals surface area contributed by atoms with Gasteiger partial charge in [-0.25, -0.2) is 0 Å². The lowest BCUT2D eigenvalue weighted by Crippen LogP contribution is -2.31. The first kappa shape index (κ1) is 12.2. The molecular formula is C17H19NO. The predicted octanol–water partition coefficient (Wildman–Crippen LogP) is 3.12. The van der Waals surface area contributed by atoms with Crippen LogP contribution in [0.1, 0.15) is 22.7 Å². The highest BCUT2D eigenvalue weighted by Gasteiger charge is 2.22. The summed E-state index contributed by atoms with van der Waals surface area (Å²) in [6.07, 6.45) is 2.08. The van der Waals surface area contributed by atoms with Gasteiger partial charge in [-0.2, -0.15) is 0 Å². The van der Waals surface area contributed by atoms with Gasteiger partial charge < -0.3 is 10.1 Å². The van der Waals surface area contributed by atoms with Crippen LogP contribution in [0.25, 0.3) is 0 Å². The molecule has 1 heterocycles. The molecule has 2 aromatic rings. The van der Waals surface area contributed by atoms with E-state index in [1.807, 2.05) is 0 Å². The number of rotatable bonds is 3. The first-order valence-electron chi connectivity index (χ1n) is 6.81. The molecule has 0 saturated heterocycles. The molecule has 98 valence electrons. The molecular weight excluding hydrogens is 234 g/mol. The number of nitrogens with one attached hydrogen (secondary N) is 1. The Morgan fingerprint density at radius 1 is 1.11 bits per heavy atom. The highest BCUT2D eigenvalue weighted by molar-refractivity contribution is 5.44. The summed E-state index contributed by atoms with van der Waals surface area (Å²) < 4.78 is 5.48. The molecule has 0 amide bonds. The minimum atomic E-state index is 0.390. The summed E-state index contributed by atoms with van der Waals surface area (Å²) in [6.45, 7) is 1.02. The highest BCUT2D eigenvalue weighted by Crippen LogP contribution is 2.31. The lowest BCUT2D eigenvalue weighted by atomic mass is 9.90. The summed E-state index contributed by atoms with van der Waals surface area (Å²) >= 11 is 0. The van der Waals surface area contributed by atoms with E-state index in [-0.39, 0.29) is 0 Å². The third-order valence-electron chi connectivity index (χ3n) is 3.81. The topological polar surface area (TPSA) is 21.3 Å². The van der Waals surface area contributed by atoms with Gasteiger partial charge in [0.15, 0.2) is 0 Å². The van der Waals surface area contributed by atoms with E-state index in [1.165, 1.54) is 16.7 Å². The number of fused-ring (bicyclic) bond motifs is 1. The molecule has 0 bridgehead atoms. The molecule has 2 heteroatoms. The van der Waals surface area contributed by atoms with E-state index in [2.05, 4.69) is 53.8 Å². The molecule has 0 radical (unpaired) electrons. The average molecular weight is 253 g/mol. The van der Waals surface area contributed by atoms with Crippen LogP contribution in [0, 0.1) is 0 Å². The Balaban J connectivity index is 1.90. The standard InChI is InChI=1S/C17H19NO/c1-19-17-9-5-8-14-15(17)10-11-18-16(14)12-13-6-3-2-4-7-13/h2-9,16,18H,10-12H2,1H3. The molecule has 1 unspecified atom stereocenters. The van der Waals surface area contributed by atoms with Gasteiger partial charge in [-0.05, 0) is 36.6 Å². The van der Waals surface area contributed by atoms with E-state index in [1.54, 1.807) is 7.11 Å². The zero-order valence-electron chi connectivity index (χ0n) is 11.2. The SMILES string of the molecule is COc1cccc2c1CCNC2Cc1ccccc1. The van der Waals surface area contributed by atoms with Crippen LogP contribution in [0.2, 0.25) is 0 Å². The van der Waals surface area contributed by atoms with E-state index in [0.717, 1.165) is 25.1 Å². The third-order valence-corrected chi connectivity index (χ3v) is 3.81. The summed E-state index contributed by atoms with van der Waals surface area (Å²) in [5, 5.41) is 3.62. The minimum Gasteiger partial charge on any atom is -0.496 e. The maximum Gasteiger partial charge on any atom is 0.122 e. The number of hydrogen-bond donors (Lipinski definition) is 1. The van der Waals surface area contributed by atoms with Gasteiger partial charge in [0.1, 0.15) is 5.75 Å². The normalized spacial score (nSPS) is 17.8. The zero-order chi connectivity index (χ0) is 13.1. The van der Waals surface area contributed by atoms with Crippen molar-refractivity contribution in [2.75, 3.05) is 13.7 Å². The van der Waals surface area contributed by atoms with Crippen LogP contribution in [0.15, 0.2) is 48.5 Å². The second kappa shape index (κ2) is 5.45. The quantitative estimate of drug-likeness (QED) is 0.907. The van der Waals surface area contributed by atoms with Gasteiger partial charge in [0, 0.05) is 11.6 Å². The van der Waals surface area contributed by atoms with Crippen molar-refractivity contribution in [2.45, 2.75) is 18.9 Å². The van der Waals surface area contributed by atoms with Gasteiger partial charge in [-0.15, -0.1) is 0 Å². The van der Waals surface area contributed by atoms with Crippen molar-refractivity contribution in [1.29, 1.82) is 0 Å². The van der Waals surface area contributed by atoms with Crippen LogP contribution in [0.4, 0.5) is 0 Å². The minimum absolute atomic E-state index is 0.390. The van der Waals surface area contributed by atoms with E-state index >= 15 is 0 Å². The Morgan fingerprint density at radius 3 is 2.74 bits per heavy atom. The van der Waals surface area contributed by atoms with Crippen molar-refractivity contribution in [2.24, 2.45) is 0 Å². The van der Waals surface area contributed by atoms with E-state index < -0.39 is 0 Å². The lowest BCUT2D eigenvalue weighted by Gasteiger charge is -2.28. The molecule has 2 nitrogen and oxygen atoms in total. The molecule has 0 fully saturated rings. The molecule has 0 aromatic heterocycles. The Bertz CT molecular complexity index is 550. The van der Waals surface area contributed by atoms with E-state index in [9.17, 15) is 0 Å². The van der Waals surface area contributed by atoms with Crippen molar-refractivity contribution < 1.29 is 4.74 Å². The van der Waals surface area contributed by atoms with Crippen LogP contribution < -0.4 is 10.1 Å². The Hall–Kier alpha value is -1.80. The van der Waals surface area contributed by atoms with Crippen molar-refractivity contribution in [3.05, 3.63) is 65.2 Å². The fourth-order valence-electron chi connectivity index (χ4n) is 2.88. The summed E-state index contributed by atoms with van der Waals surface area (Å²) in [5.41, 5.74) is 4.12. The van der Waals surface area contributed by atoms with Gasteiger partial charge in [-0.1, -0.05) is 42.5 Å². The van der Waals surface area contributed by atoms with Gasteiger partial charge in [0.2, 0.25) is 0 Å². The van der Waals surface area contributed by atoms with Crippen molar-refractivity contribution in [3.8, 4) is 5.75 Å². The van der Waals surface area contributed by atoms with E-state index in [0.29, 0.717) is 6.04 Å². The second-order valence-electron chi connectivity index (χ2n) is 4.97. The maximum atomic E-state index is 5.48. The Kier molecular flexibility index (Phi) is 3.51. The van der Waals surface area contributed by atoms with Gasteiger partial charge in [0.05, 0.1) is 7.11 Å². The van der Waals surface area contributed by atoms with Crippen LogP contribution in [-0.2, 0) is 12.8 Å². The van der Waals surface area contributed by atoms with Crippen LogP contribution >= 0.6 is 0 Å². The summed E-state index contributed by atoms with van der Waals surface area (Å²) in [5.74, 6) is 1.03. The summed E-state index contributed by atoms with van der Waals surface area (Å²) in [7, 11) is 1.75. The molecule has 2 aromatic carbocycles. The molecule has 3 rings (SSSR count). The smallest absolute Gasteiger partial charge is 0.122 e. The Labute approximate surface area is 114 Å². The van der Waals surface area contributed by atoms with Gasteiger partial charge in [0.25, 0.3) is 0 Å². The molecule has 1 atom stereocenters. The molecule has 0 aliphatic carbocycles. The zero-order valence-corrected chi connectivity index (χ0v) is 11.2. The first-order chi connectivity index (χ1) is 9.38. The monoisotopic (exact) mass is 253 g/mol. The fourth-order valence-corrected chi connectivity index (χ4v) is 2.88. The van der Waals surface area contributed by atoms with Crippen LogP contribution in [0.3, 0.4) is 0 Å². The summed E-state index contributed by atoms with van der Waals surface area (Å²) in [6, 6.07) is 17.4. The van der Waals surface area contributed by atoms with Crippen LogP contribution in [0.5, 0.6) is 5.75 Å². The van der Waals surface area contributed by atoms with Gasteiger partial charge >= 0.3 is 0 Å². The average Bonchev–Trinajstić information content (AvgIpc) is 2.48. The lowest BCUT2D eigenvalue weighted by molar-refractivity contribution is 0.400. The number of methoxy groups -OCH3 is 1. The number of hydrogen-bond acceptors (Lipinski definition) is 2. The summed E-state index contributed by atoms with van der Waals surface area (Å²) in [4.78, 5) is 0. The first-order valence-corrected chi connectivity index (χ1v) is 6.81. The van der Waals surface area contributed by atoms with Gasteiger partial charge in [-0.3, -0.25) is 0 Å². The molecule has 1 aliphatic heterocycles. The second-order valence-corrected chi connectivity index (χ2v) is 4.97. The largest absolute Gasteiger partial charge is 0.496 e. The Morgan fingerprint density at radius 2 is 1.95 bits per heavy atom. The number of benzene rings is 2.